The van der Waals surface area contributed by atoms with Crippen molar-refractivity contribution in [2.75, 3.05) is 19.7 Å². The van der Waals surface area contributed by atoms with E-state index < -0.39 is 24.1 Å². The van der Waals surface area contributed by atoms with Crippen LogP contribution in [0.2, 0.25) is 0 Å². The van der Waals surface area contributed by atoms with Crippen molar-refractivity contribution in [3.63, 3.8) is 0 Å². The van der Waals surface area contributed by atoms with Crippen LogP contribution in [0.5, 0.6) is 0 Å². The Morgan fingerprint density at radius 1 is 1.29 bits per heavy atom. The van der Waals surface area contributed by atoms with E-state index >= 15 is 0 Å². The van der Waals surface area contributed by atoms with Crippen molar-refractivity contribution in [3.05, 3.63) is 0 Å². The number of carboxylic acids is 1. The van der Waals surface area contributed by atoms with Crippen LogP contribution in [0.4, 0.5) is 4.79 Å². The van der Waals surface area contributed by atoms with Gasteiger partial charge in [-0.25, -0.2) is 9.59 Å². The fourth-order valence-corrected chi connectivity index (χ4v) is 2.98. The van der Waals surface area contributed by atoms with Crippen LogP contribution in [0.1, 0.15) is 53.4 Å². The number of likely N-dealkylation sites (tertiary alicyclic amines) is 1. The molecule has 1 aliphatic heterocycles. The number of hydrogen-bond acceptors (Lipinski definition) is 4. The zero-order valence-corrected chi connectivity index (χ0v) is 15.2. The summed E-state index contributed by atoms with van der Waals surface area (Å²) in [6.45, 7) is 8.65. The van der Waals surface area contributed by atoms with Gasteiger partial charge in [0, 0.05) is 13.1 Å². The zero-order valence-electron chi connectivity index (χ0n) is 15.2. The normalized spacial score (nSPS) is 18.5. The van der Waals surface area contributed by atoms with E-state index in [1.165, 1.54) is 9.80 Å². The molecule has 7 heteroatoms. The summed E-state index contributed by atoms with van der Waals surface area (Å²) >= 11 is 0. The minimum atomic E-state index is -0.990. The van der Waals surface area contributed by atoms with Crippen LogP contribution < -0.4 is 0 Å². The lowest BCUT2D eigenvalue weighted by molar-refractivity contribution is -0.150. The van der Waals surface area contributed by atoms with Crippen molar-refractivity contribution in [2.45, 2.75) is 65.5 Å². The van der Waals surface area contributed by atoms with E-state index in [0.717, 1.165) is 12.8 Å². The summed E-state index contributed by atoms with van der Waals surface area (Å²) in [6.07, 6.45) is 2.32. The maximum Gasteiger partial charge on any atom is 0.410 e. The van der Waals surface area contributed by atoms with E-state index in [9.17, 15) is 19.5 Å². The summed E-state index contributed by atoms with van der Waals surface area (Å²) in [6, 6.07) is -1.52. The van der Waals surface area contributed by atoms with Gasteiger partial charge in [-0.05, 0) is 45.4 Å². The molecule has 1 N–H and O–H groups in total. The zero-order chi connectivity index (χ0) is 18.3. The van der Waals surface area contributed by atoms with Crippen LogP contribution in [0.15, 0.2) is 0 Å². The van der Waals surface area contributed by atoms with Gasteiger partial charge >= 0.3 is 12.1 Å². The molecule has 7 nitrogen and oxygen atoms in total. The largest absolute Gasteiger partial charge is 0.480 e. The molecule has 138 valence electrons. The first-order chi connectivity index (χ1) is 11.3. The highest BCUT2D eigenvalue weighted by molar-refractivity contribution is 5.89. The van der Waals surface area contributed by atoms with E-state index in [-0.39, 0.29) is 12.5 Å². The SMILES string of the molecule is CCOC(=O)N(CCCC(C)C)[C@@H](C)C(=O)N1CCC[C@H]1C(=O)O. The highest BCUT2D eigenvalue weighted by atomic mass is 16.6. The fraction of sp³-hybridized carbons (Fsp3) is 0.824. The molecule has 0 aromatic rings. The highest BCUT2D eigenvalue weighted by Gasteiger charge is 2.38. The lowest BCUT2D eigenvalue weighted by Crippen LogP contribution is -2.52. The summed E-state index contributed by atoms with van der Waals surface area (Å²) in [7, 11) is 0. The molecule has 0 unspecified atom stereocenters. The summed E-state index contributed by atoms with van der Waals surface area (Å²) in [5.74, 6) is -0.803. The maximum absolute atomic E-state index is 12.7. The number of hydrogen-bond donors (Lipinski definition) is 1. The average molecular weight is 342 g/mol. The molecule has 1 aliphatic rings. The molecule has 1 rings (SSSR count). The Morgan fingerprint density at radius 3 is 2.50 bits per heavy atom. The predicted octanol–water partition coefficient (Wildman–Crippen LogP) is 2.35. The molecular formula is C17H30N2O5. The molecule has 0 bridgehead atoms. The second-order valence-corrected chi connectivity index (χ2v) is 6.63. The van der Waals surface area contributed by atoms with Crippen molar-refractivity contribution in [3.8, 4) is 0 Å². The third-order valence-electron chi connectivity index (χ3n) is 4.33. The Kier molecular flexibility index (Phi) is 8.01. The van der Waals surface area contributed by atoms with Crippen LogP contribution in [-0.2, 0) is 14.3 Å². The van der Waals surface area contributed by atoms with Gasteiger partial charge in [0.2, 0.25) is 5.91 Å². The van der Waals surface area contributed by atoms with Gasteiger partial charge in [-0.15, -0.1) is 0 Å². The number of nitrogens with zero attached hydrogens (tertiary/aromatic N) is 2. The molecule has 1 saturated heterocycles. The first-order valence-corrected chi connectivity index (χ1v) is 8.76. The van der Waals surface area contributed by atoms with Crippen molar-refractivity contribution in [1.82, 2.24) is 9.80 Å². The number of rotatable bonds is 8. The van der Waals surface area contributed by atoms with Crippen molar-refractivity contribution < 1.29 is 24.2 Å². The monoisotopic (exact) mass is 342 g/mol. The molecular weight excluding hydrogens is 312 g/mol. The van der Waals surface area contributed by atoms with Gasteiger partial charge in [0.1, 0.15) is 12.1 Å². The minimum absolute atomic E-state index is 0.238. The Bertz CT molecular complexity index is 452. The van der Waals surface area contributed by atoms with E-state index in [1.807, 2.05) is 0 Å². The Labute approximate surface area is 143 Å². The van der Waals surface area contributed by atoms with Gasteiger partial charge in [0.15, 0.2) is 0 Å². The standard InChI is InChI=1S/C17H30N2O5/c1-5-24-17(23)18(10-6-8-12(2)3)13(4)15(20)19-11-7-9-14(19)16(21)22/h12-14H,5-11H2,1-4H3,(H,21,22)/t13-,14-/m0/s1. The third kappa shape index (κ3) is 5.39. The van der Waals surface area contributed by atoms with Crippen molar-refractivity contribution >= 4 is 18.0 Å². The summed E-state index contributed by atoms with van der Waals surface area (Å²) < 4.78 is 5.07. The molecule has 1 fully saturated rings. The second-order valence-electron chi connectivity index (χ2n) is 6.63. The van der Waals surface area contributed by atoms with Gasteiger partial charge in [0.25, 0.3) is 0 Å². The van der Waals surface area contributed by atoms with Crippen LogP contribution in [0, 0.1) is 5.92 Å². The quantitative estimate of drug-likeness (QED) is 0.731. The van der Waals surface area contributed by atoms with E-state index in [0.29, 0.717) is 31.8 Å². The van der Waals surface area contributed by atoms with E-state index in [4.69, 9.17) is 4.74 Å². The number of aliphatic carboxylic acids is 1. The molecule has 0 spiro atoms. The first kappa shape index (κ1) is 20.3. The molecule has 24 heavy (non-hydrogen) atoms. The van der Waals surface area contributed by atoms with Crippen LogP contribution >= 0.6 is 0 Å². The summed E-state index contributed by atoms with van der Waals surface area (Å²) in [4.78, 5) is 39.0. The smallest absolute Gasteiger partial charge is 0.410 e. The molecule has 0 aromatic heterocycles. The topological polar surface area (TPSA) is 87.2 Å². The van der Waals surface area contributed by atoms with E-state index in [2.05, 4.69) is 13.8 Å². The van der Waals surface area contributed by atoms with Gasteiger partial charge in [-0.1, -0.05) is 13.8 Å². The molecule has 0 aromatic carbocycles. The van der Waals surface area contributed by atoms with Gasteiger partial charge in [-0.2, -0.15) is 0 Å². The molecule has 1 heterocycles. The number of ether oxygens (including phenoxy) is 1. The second kappa shape index (κ2) is 9.49. The van der Waals surface area contributed by atoms with Gasteiger partial charge in [0.05, 0.1) is 6.61 Å². The van der Waals surface area contributed by atoms with Gasteiger partial charge < -0.3 is 14.7 Å². The minimum Gasteiger partial charge on any atom is -0.480 e. The Hall–Kier alpha value is -1.79. The molecule has 0 aliphatic carbocycles. The molecule has 2 atom stereocenters. The number of carbonyl (C=O) groups excluding carboxylic acids is 2. The van der Waals surface area contributed by atoms with Crippen LogP contribution in [0.25, 0.3) is 0 Å². The lowest BCUT2D eigenvalue weighted by atomic mass is 10.1. The Morgan fingerprint density at radius 2 is 1.96 bits per heavy atom. The number of amides is 2. The van der Waals surface area contributed by atoms with Crippen molar-refractivity contribution in [2.24, 2.45) is 5.92 Å². The summed E-state index contributed by atoms with van der Waals surface area (Å²) in [5.41, 5.74) is 0. The molecule has 0 radical (unpaired) electrons. The first-order valence-electron chi connectivity index (χ1n) is 8.76. The van der Waals surface area contributed by atoms with Gasteiger partial charge in [-0.3, -0.25) is 9.69 Å². The predicted molar refractivity (Wildman–Crippen MR) is 89.6 cm³/mol. The maximum atomic E-state index is 12.7. The summed E-state index contributed by atoms with van der Waals surface area (Å²) in [5, 5.41) is 9.25. The molecule has 0 saturated carbocycles. The highest BCUT2D eigenvalue weighted by Crippen LogP contribution is 2.20. The number of carboxylic acid groups (broad SMARTS) is 1. The van der Waals surface area contributed by atoms with Crippen LogP contribution in [-0.4, -0.2) is 64.7 Å². The Balaban J connectivity index is 2.80. The van der Waals surface area contributed by atoms with E-state index in [1.54, 1.807) is 13.8 Å². The average Bonchev–Trinajstić information content (AvgIpc) is 2.99. The fourth-order valence-electron chi connectivity index (χ4n) is 2.98. The van der Waals surface area contributed by atoms with Crippen LogP contribution in [0.3, 0.4) is 0 Å². The van der Waals surface area contributed by atoms with Crippen molar-refractivity contribution in [1.29, 1.82) is 0 Å². The third-order valence-corrected chi connectivity index (χ3v) is 4.33. The lowest BCUT2D eigenvalue weighted by Gasteiger charge is -2.32. The number of carbonyl (C=O) groups is 3. The molecule has 2 amide bonds.